The average molecular weight is 541 g/mol. The molecule has 2 N–H and O–H groups in total. The van der Waals surface area contributed by atoms with Crippen LogP contribution in [-0.4, -0.2) is 103 Å². The number of likely N-dealkylation sites (tertiary alicyclic amines) is 2. The Hall–Kier alpha value is -3.74. The molecule has 3 amide bonds. The Labute approximate surface area is 224 Å². The SMILES string of the molecule is CCC(=O)N1CCC(Nc2cc(C(=O)N3CCC(N(C)C(=O)O)CC3)nc(-c3cnn4ccsc34)n2)CC1. The van der Waals surface area contributed by atoms with Crippen LogP contribution in [0.3, 0.4) is 0 Å². The first-order chi connectivity index (χ1) is 18.3. The average Bonchev–Trinajstić information content (AvgIpc) is 3.56. The molecule has 0 bridgehead atoms. The van der Waals surface area contributed by atoms with Crippen LogP contribution in [0.2, 0.25) is 0 Å². The van der Waals surface area contributed by atoms with Crippen molar-refractivity contribution >= 4 is 39.9 Å². The van der Waals surface area contributed by atoms with Crippen molar-refractivity contribution in [3.63, 3.8) is 0 Å². The first kappa shape index (κ1) is 25.9. The molecule has 3 aromatic rings. The third-order valence-corrected chi connectivity index (χ3v) is 8.31. The molecule has 5 rings (SSSR count). The lowest BCUT2D eigenvalue weighted by molar-refractivity contribution is -0.131. The second-order valence-electron chi connectivity index (χ2n) is 9.74. The zero-order valence-corrected chi connectivity index (χ0v) is 22.4. The van der Waals surface area contributed by atoms with Crippen LogP contribution in [0.4, 0.5) is 10.6 Å². The largest absolute Gasteiger partial charge is 0.465 e. The van der Waals surface area contributed by atoms with Gasteiger partial charge in [-0.2, -0.15) is 5.10 Å². The van der Waals surface area contributed by atoms with Crippen LogP contribution < -0.4 is 5.32 Å². The van der Waals surface area contributed by atoms with Gasteiger partial charge in [-0.15, -0.1) is 11.3 Å². The highest BCUT2D eigenvalue weighted by Gasteiger charge is 2.29. The van der Waals surface area contributed by atoms with Gasteiger partial charge in [0.1, 0.15) is 16.3 Å². The van der Waals surface area contributed by atoms with Crippen molar-refractivity contribution in [1.29, 1.82) is 0 Å². The van der Waals surface area contributed by atoms with Crippen LogP contribution in [-0.2, 0) is 4.79 Å². The second kappa shape index (κ2) is 10.9. The van der Waals surface area contributed by atoms with E-state index in [9.17, 15) is 19.5 Å². The van der Waals surface area contributed by atoms with E-state index in [2.05, 4.69) is 15.4 Å². The molecule has 0 atom stereocenters. The van der Waals surface area contributed by atoms with Gasteiger partial charge in [0.25, 0.3) is 5.91 Å². The number of carboxylic acid groups (broad SMARTS) is 1. The number of thiazole rings is 1. The number of nitrogens with one attached hydrogen (secondary N) is 1. The number of nitrogens with zero attached hydrogens (tertiary/aromatic N) is 7. The number of piperidine rings is 2. The summed E-state index contributed by atoms with van der Waals surface area (Å²) >= 11 is 1.52. The number of hydrogen-bond donors (Lipinski definition) is 2. The molecule has 0 aliphatic carbocycles. The third-order valence-electron chi connectivity index (χ3n) is 7.42. The van der Waals surface area contributed by atoms with Crippen molar-refractivity contribution in [2.24, 2.45) is 0 Å². The molecule has 202 valence electrons. The number of fused-ring (bicyclic) bond motifs is 1. The van der Waals surface area contributed by atoms with Gasteiger partial charge in [0.05, 0.1) is 11.8 Å². The van der Waals surface area contributed by atoms with E-state index in [1.165, 1.54) is 16.2 Å². The van der Waals surface area contributed by atoms with E-state index in [1.807, 2.05) is 23.4 Å². The highest BCUT2D eigenvalue weighted by atomic mass is 32.1. The van der Waals surface area contributed by atoms with Crippen molar-refractivity contribution in [2.45, 2.75) is 51.1 Å². The lowest BCUT2D eigenvalue weighted by Gasteiger charge is -2.35. The minimum Gasteiger partial charge on any atom is -0.465 e. The Balaban J connectivity index is 1.37. The Morgan fingerprint density at radius 1 is 1.11 bits per heavy atom. The molecule has 5 heterocycles. The Morgan fingerprint density at radius 2 is 1.82 bits per heavy atom. The summed E-state index contributed by atoms with van der Waals surface area (Å²) < 4.78 is 1.76. The van der Waals surface area contributed by atoms with E-state index >= 15 is 0 Å². The zero-order valence-electron chi connectivity index (χ0n) is 21.5. The van der Waals surface area contributed by atoms with Gasteiger partial charge < -0.3 is 25.1 Å². The molecule has 38 heavy (non-hydrogen) atoms. The van der Waals surface area contributed by atoms with Gasteiger partial charge in [0.2, 0.25) is 5.91 Å². The molecule has 2 aliphatic heterocycles. The lowest BCUT2D eigenvalue weighted by Crippen LogP contribution is -2.47. The number of hydrogen-bond acceptors (Lipinski definition) is 8. The van der Waals surface area contributed by atoms with Gasteiger partial charge in [0, 0.05) is 69.4 Å². The molecule has 2 fully saturated rings. The van der Waals surface area contributed by atoms with E-state index < -0.39 is 6.09 Å². The molecular weight excluding hydrogens is 508 g/mol. The normalized spacial score (nSPS) is 17.1. The maximum Gasteiger partial charge on any atom is 0.407 e. The predicted octanol–water partition coefficient (Wildman–Crippen LogP) is 2.88. The van der Waals surface area contributed by atoms with Gasteiger partial charge in [-0.3, -0.25) is 9.59 Å². The summed E-state index contributed by atoms with van der Waals surface area (Å²) in [6.07, 6.45) is 5.85. The maximum absolute atomic E-state index is 13.6. The fourth-order valence-electron chi connectivity index (χ4n) is 5.11. The molecule has 0 spiro atoms. The summed E-state index contributed by atoms with van der Waals surface area (Å²) in [5.74, 6) is 0.955. The number of aromatic nitrogens is 4. The van der Waals surface area contributed by atoms with Crippen molar-refractivity contribution in [3.8, 4) is 11.4 Å². The molecular formula is C25H32N8O4S. The third kappa shape index (κ3) is 5.28. The quantitative estimate of drug-likeness (QED) is 0.487. The zero-order chi connectivity index (χ0) is 26.8. The van der Waals surface area contributed by atoms with E-state index in [-0.39, 0.29) is 29.6 Å². The summed E-state index contributed by atoms with van der Waals surface area (Å²) in [7, 11) is 1.57. The second-order valence-corrected chi connectivity index (χ2v) is 10.6. The summed E-state index contributed by atoms with van der Waals surface area (Å²) in [6.45, 7) is 4.16. The van der Waals surface area contributed by atoms with Gasteiger partial charge in [-0.25, -0.2) is 19.3 Å². The van der Waals surface area contributed by atoms with Crippen molar-refractivity contribution in [3.05, 3.63) is 29.5 Å². The summed E-state index contributed by atoms with van der Waals surface area (Å²) in [5, 5.41) is 19.1. The molecule has 13 heteroatoms. The van der Waals surface area contributed by atoms with Crippen molar-refractivity contribution < 1.29 is 19.5 Å². The number of anilines is 1. The molecule has 12 nitrogen and oxygen atoms in total. The van der Waals surface area contributed by atoms with Gasteiger partial charge in [0.15, 0.2) is 5.82 Å². The van der Waals surface area contributed by atoms with E-state index in [4.69, 9.17) is 4.98 Å². The maximum atomic E-state index is 13.6. The summed E-state index contributed by atoms with van der Waals surface area (Å²) in [5.41, 5.74) is 1.04. The number of amides is 3. The minimum absolute atomic E-state index is 0.111. The van der Waals surface area contributed by atoms with Crippen LogP contribution in [0.1, 0.15) is 49.5 Å². The molecule has 0 aromatic carbocycles. The predicted molar refractivity (Wildman–Crippen MR) is 142 cm³/mol. The number of carbonyl (C=O) groups is 3. The van der Waals surface area contributed by atoms with E-state index in [0.717, 1.165) is 23.2 Å². The van der Waals surface area contributed by atoms with Gasteiger partial charge >= 0.3 is 6.09 Å². The van der Waals surface area contributed by atoms with Crippen molar-refractivity contribution in [1.82, 2.24) is 34.3 Å². The number of rotatable bonds is 6. The monoisotopic (exact) mass is 540 g/mol. The Kier molecular flexibility index (Phi) is 7.45. The van der Waals surface area contributed by atoms with Crippen LogP contribution >= 0.6 is 11.3 Å². The van der Waals surface area contributed by atoms with Crippen LogP contribution in [0.25, 0.3) is 16.2 Å². The smallest absolute Gasteiger partial charge is 0.407 e. The molecule has 0 saturated carbocycles. The first-order valence-corrected chi connectivity index (χ1v) is 13.8. The van der Waals surface area contributed by atoms with Crippen molar-refractivity contribution in [2.75, 3.05) is 38.5 Å². The van der Waals surface area contributed by atoms with Gasteiger partial charge in [-0.05, 0) is 25.7 Å². The van der Waals surface area contributed by atoms with Crippen LogP contribution in [0.15, 0.2) is 23.8 Å². The minimum atomic E-state index is -0.961. The molecule has 2 saturated heterocycles. The van der Waals surface area contributed by atoms with Gasteiger partial charge in [-0.1, -0.05) is 6.92 Å². The fraction of sp³-hybridized carbons (Fsp3) is 0.520. The Morgan fingerprint density at radius 3 is 2.50 bits per heavy atom. The number of carbonyl (C=O) groups excluding carboxylic acids is 2. The van der Waals surface area contributed by atoms with Crippen LogP contribution in [0, 0.1) is 0 Å². The summed E-state index contributed by atoms with van der Waals surface area (Å²) in [4.78, 5) is 52.2. The molecule has 3 aromatic heterocycles. The van der Waals surface area contributed by atoms with Crippen LogP contribution in [0.5, 0.6) is 0 Å². The highest BCUT2D eigenvalue weighted by molar-refractivity contribution is 7.16. The van der Waals surface area contributed by atoms with E-state index in [1.54, 1.807) is 28.7 Å². The van der Waals surface area contributed by atoms with E-state index in [0.29, 0.717) is 57.1 Å². The summed E-state index contributed by atoms with van der Waals surface area (Å²) in [6, 6.07) is 1.71. The Bertz CT molecular complexity index is 1320. The molecule has 0 unspecified atom stereocenters. The lowest BCUT2D eigenvalue weighted by atomic mass is 10.0. The fourth-order valence-corrected chi connectivity index (χ4v) is 5.90. The topological polar surface area (TPSA) is 136 Å². The first-order valence-electron chi connectivity index (χ1n) is 12.9. The molecule has 0 radical (unpaired) electrons. The molecule has 2 aliphatic rings. The standard InChI is InChI=1S/C25H32N8O4S/c1-3-21(34)31-8-4-16(5-9-31)27-20-14-19(23(35)32-10-6-17(7-11-32)30(2)25(36)37)28-22(29-20)18-15-26-33-12-13-38-24(18)33/h12-17H,3-11H2,1-2H3,(H,36,37)(H,27,28,29). The highest BCUT2D eigenvalue weighted by Crippen LogP contribution is 2.28.